The van der Waals surface area contributed by atoms with Crippen molar-refractivity contribution in [3.8, 4) is 0 Å². The maximum atomic E-state index is 9.38. The zero-order valence-corrected chi connectivity index (χ0v) is 9.55. The van der Waals surface area contributed by atoms with E-state index in [0.717, 1.165) is 16.3 Å². The smallest absolute Gasteiger partial charge is 0.0963 e. The molecule has 0 amide bonds. The van der Waals surface area contributed by atoms with Gasteiger partial charge in [0.25, 0.3) is 0 Å². The molecule has 2 nitrogen and oxygen atoms in total. The average molecular weight is 211 g/mol. The van der Waals surface area contributed by atoms with E-state index in [2.05, 4.69) is 11.9 Å². The van der Waals surface area contributed by atoms with E-state index in [1.54, 1.807) is 24.9 Å². The normalized spacial score (nSPS) is 12.8. The van der Waals surface area contributed by atoms with Crippen LogP contribution in [0.15, 0.2) is 23.4 Å². The number of rotatable bonds is 5. The lowest BCUT2D eigenvalue weighted by molar-refractivity contribution is 0.199. The quantitative estimate of drug-likeness (QED) is 0.600. The fourth-order valence-corrected chi connectivity index (χ4v) is 2.08. The number of unbranched alkanes of at least 4 members (excludes halogenated alkanes) is 1. The van der Waals surface area contributed by atoms with Crippen molar-refractivity contribution in [2.24, 2.45) is 0 Å². The van der Waals surface area contributed by atoms with Crippen LogP contribution in [0.1, 0.15) is 38.4 Å². The Balaban J connectivity index is 2.55. The number of thioether (sulfide) groups is 1. The van der Waals surface area contributed by atoms with E-state index >= 15 is 0 Å². The minimum atomic E-state index is -0.400. The van der Waals surface area contributed by atoms with E-state index in [-0.39, 0.29) is 0 Å². The van der Waals surface area contributed by atoms with Crippen LogP contribution in [0.2, 0.25) is 0 Å². The maximum Gasteiger partial charge on any atom is 0.0963 e. The molecule has 1 aromatic heterocycles. The molecule has 14 heavy (non-hydrogen) atoms. The zero-order valence-electron chi connectivity index (χ0n) is 8.73. The van der Waals surface area contributed by atoms with Gasteiger partial charge in [0.05, 0.1) is 11.1 Å². The molecule has 0 aromatic carbocycles. The van der Waals surface area contributed by atoms with Crippen LogP contribution in [0.3, 0.4) is 0 Å². The van der Waals surface area contributed by atoms with Crippen LogP contribution in [0, 0.1) is 0 Å². The molecule has 0 radical (unpaired) electrons. The van der Waals surface area contributed by atoms with Crippen molar-refractivity contribution in [1.82, 2.24) is 4.98 Å². The molecule has 0 fully saturated rings. The largest absolute Gasteiger partial charge is 0.389 e. The van der Waals surface area contributed by atoms with E-state index in [1.165, 1.54) is 12.8 Å². The van der Waals surface area contributed by atoms with Crippen molar-refractivity contribution in [3.05, 3.63) is 23.9 Å². The summed E-state index contributed by atoms with van der Waals surface area (Å²) in [7, 11) is 0. The van der Waals surface area contributed by atoms with Gasteiger partial charge in [0, 0.05) is 6.20 Å². The van der Waals surface area contributed by atoms with Gasteiger partial charge in [-0.2, -0.15) is 0 Å². The first-order valence-electron chi connectivity index (χ1n) is 5.01. The molecule has 0 saturated carbocycles. The summed E-state index contributed by atoms with van der Waals surface area (Å²) in [6.45, 7) is 3.95. The molecule has 0 bridgehead atoms. The average Bonchev–Trinajstić information content (AvgIpc) is 2.19. The SMILES string of the molecule is CCCCSc1cc(C(C)O)ccn1. The Bertz CT molecular complexity index is 276. The highest BCUT2D eigenvalue weighted by atomic mass is 32.2. The van der Waals surface area contributed by atoms with E-state index < -0.39 is 6.10 Å². The molecule has 1 heterocycles. The highest BCUT2D eigenvalue weighted by Crippen LogP contribution is 2.20. The Morgan fingerprint density at radius 2 is 2.36 bits per heavy atom. The van der Waals surface area contributed by atoms with E-state index in [4.69, 9.17) is 0 Å². The number of hydrogen-bond donors (Lipinski definition) is 1. The van der Waals surface area contributed by atoms with Crippen molar-refractivity contribution in [3.63, 3.8) is 0 Å². The predicted octanol–water partition coefficient (Wildman–Crippen LogP) is 3.03. The van der Waals surface area contributed by atoms with Gasteiger partial charge in [-0.25, -0.2) is 4.98 Å². The van der Waals surface area contributed by atoms with Gasteiger partial charge in [0.2, 0.25) is 0 Å². The van der Waals surface area contributed by atoms with Crippen molar-refractivity contribution in [2.75, 3.05) is 5.75 Å². The molecule has 78 valence electrons. The molecule has 1 unspecified atom stereocenters. The Hall–Kier alpha value is -0.540. The molecule has 1 aromatic rings. The Labute approximate surface area is 89.8 Å². The van der Waals surface area contributed by atoms with E-state index in [0.29, 0.717) is 0 Å². The number of nitrogens with zero attached hydrogens (tertiary/aromatic N) is 1. The molecule has 1 rings (SSSR count). The minimum absolute atomic E-state index is 0.400. The summed E-state index contributed by atoms with van der Waals surface area (Å²) in [6.07, 6.45) is 3.79. The summed E-state index contributed by atoms with van der Waals surface area (Å²) in [5, 5.41) is 10.4. The lowest BCUT2D eigenvalue weighted by atomic mass is 10.2. The standard InChI is InChI=1S/C11H17NOS/c1-3-4-7-14-11-8-10(9(2)13)5-6-12-11/h5-6,8-9,13H,3-4,7H2,1-2H3. The van der Waals surface area contributed by atoms with Crippen molar-refractivity contribution < 1.29 is 5.11 Å². The lowest BCUT2D eigenvalue weighted by Gasteiger charge is -2.05. The van der Waals surface area contributed by atoms with Gasteiger partial charge in [-0.3, -0.25) is 0 Å². The molecule has 0 saturated heterocycles. The monoisotopic (exact) mass is 211 g/mol. The zero-order chi connectivity index (χ0) is 10.4. The Morgan fingerprint density at radius 3 is 3.00 bits per heavy atom. The van der Waals surface area contributed by atoms with Gasteiger partial charge >= 0.3 is 0 Å². The van der Waals surface area contributed by atoms with Gasteiger partial charge in [-0.05, 0) is 36.8 Å². The summed E-state index contributed by atoms with van der Waals surface area (Å²) < 4.78 is 0. The summed E-state index contributed by atoms with van der Waals surface area (Å²) in [5.41, 5.74) is 0.944. The number of aromatic nitrogens is 1. The van der Waals surface area contributed by atoms with Crippen molar-refractivity contribution >= 4 is 11.8 Å². The maximum absolute atomic E-state index is 9.38. The summed E-state index contributed by atoms with van der Waals surface area (Å²) >= 11 is 1.75. The van der Waals surface area contributed by atoms with Crippen LogP contribution in [-0.2, 0) is 0 Å². The third-order valence-electron chi connectivity index (χ3n) is 1.99. The number of pyridine rings is 1. The first kappa shape index (κ1) is 11.5. The number of aliphatic hydroxyl groups excluding tert-OH is 1. The summed E-state index contributed by atoms with van der Waals surface area (Å²) in [5.74, 6) is 1.10. The van der Waals surface area contributed by atoms with Crippen LogP contribution in [-0.4, -0.2) is 15.8 Å². The topological polar surface area (TPSA) is 33.1 Å². The van der Waals surface area contributed by atoms with Gasteiger partial charge in [0.15, 0.2) is 0 Å². The highest BCUT2D eigenvalue weighted by molar-refractivity contribution is 7.99. The third kappa shape index (κ3) is 3.68. The van der Waals surface area contributed by atoms with E-state index in [9.17, 15) is 5.11 Å². The Kier molecular flexibility index (Phi) is 4.98. The first-order valence-corrected chi connectivity index (χ1v) is 5.99. The van der Waals surface area contributed by atoms with Gasteiger partial charge in [-0.15, -0.1) is 11.8 Å². The molecule has 0 spiro atoms. The molecule has 1 atom stereocenters. The molecule has 0 aliphatic carbocycles. The second kappa shape index (κ2) is 6.04. The lowest BCUT2D eigenvalue weighted by Crippen LogP contribution is -1.92. The van der Waals surface area contributed by atoms with Crippen LogP contribution in [0.4, 0.5) is 0 Å². The second-order valence-electron chi connectivity index (χ2n) is 3.31. The fraction of sp³-hybridized carbons (Fsp3) is 0.545. The van der Waals surface area contributed by atoms with Crippen molar-refractivity contribution in [1.29, 1.82) is 0 Å². The van der Waals surface area contributed by atoms with Gasteiger partial charge in [0.1, 0.15) is 0 Å². The van der Waals surface area contributed by atoms with Crippen LogP contribution in [0.25, 0.3) is 0 Å². The van der Waals surface area contributed by atoms with Crippen LogP contribution >= 0.6 is 11.8 Å². The second-order valence-corrected chi connectivity index (χ2v) is 4.42. The number of hydrogen-bond acceptors (Lipinski definition) is 3. The van der Waals surface area contributed by atoms with Crippen LogP contribution < -0.4 is 0 Å². The van der Waals surface area contributed by atoms with Gasteiger partial charge < -0.3 is 5.11 Å². The predicted molar refractivity (Wildman–Crippen MR) is 60.5 cm³/mol. The van der Waals surface area contributed by atoms with E-state index in [1.807, 2.05) is 12.1 Å². The third-order valence-corrected chi connectivity index (χ3v) is 3.00. The van der Waals surface area contributed by atoms with Gasteiger partial charge in [-0.1, -0.05) is 13.3 Å². The summed E-state index contributed by atoms with van der Waals surface area (Å²) in [4.78, 5) is 4.25. The van der Waals surface area contributed by atoms with Crippen LogP contribution in [0.5, 0.6) is 0 Å². The molecule has 3 heteroatoms. The van der Waals surface area contributed by atoms with Crippen molar-refractivity contribution in [2.45, 2.75) is 37.8 Å². The summed E-state index contributed by atoms with van der Waals surface area (Å²) in [6, 6.07) is 3.82. The molecule has 1 N–H and O–H groups in total. The number of aliphatic hydroxyl groups is 1. The first-order chi connectivity index (χ1) is 6.74. The molecule has 0 aliphatic rings. The molecular formula is C11H17NOS. The highest BCUT2D eigenvalue weighted by Gasteiger charge is 2.02. The minimum Gasteiger partial charge on any atom is -0.389 e. The fourth-order valence-electron chi connectivity index (χ4n) is 1.08. The molecule has 0 aliphatic heterocycles. The Morgan fingerprint density at radius 1 is 1.57 bits per heavy atom. The molecular weight excluding hydrogens is 194 g/mol.